The Morgan fingerprint density at radius 3 is 2.35 bits per heavy atom. The molecule has 4 heteroatoms. The molecule has 1 fully saturated rings. The first kappa shape index (κ1) is 18.2. The van der Waals surface area contributed by atoms with E-state index in [4.69, 9.17) is 0 Å². The zero-order valence-electron chi connectivity index (χ0n) is 15.3. The zero-order chi connectivity index (χ0) is 18.4. The molecule has 0 aromatic heterocycles. The van der Waals surface area contributed by atoms with Crippen LogP contribution in [-0.4, -0.2) is 43.3 Å². The molecule has 2 aromatic carbocycles. The van der Waals surface area contributed by atoms with Crippen molar-refractivity contribution in [2.45, 2.75) is 19.3 Å². The molecule has 2 aromatic rings. The van der Waals surface area contributed by atoms with Crippen LogP contribution in [0.2, 0.25) is 0 Å². The van der Waals surface area contributed by atoms with Crippen LogP contribution >= 0.6 is 0 Å². The first-order valence-corrected chi connectivity index (χ1v) is 9.25. The number of carbonyl (C=O) groups excluding carboxylic acids is 2. The normalized spacial score (nSPS) is 16.5. The second kappa shape index (κ2) is 8.65. The molecular weight excluding hydrogens is 324 g/mol. The summed E-state index contributed by atoms with van der Waals surface area (Å²) in [6.07, 6.45) is 1.64. The summed E-state index contributed by atoms with van der Waals surface area (Å²) in [6.45, 7) is 2.76. The lowest BCUT2D eigenvalue weighted by atomic mass is 10.1. The predicted molar refractivity (Wildman–Crippen MR) is 104 cm³/mol. The van der Waals surface area contributed by atoms with Crippen LogP contribution in [0.1, 0.15) is 29.6 Å². The molecule has 26 heavy (non-hydrogen) atoms. The standard InChI is InChI=1S/C22H26N2O2/c1-23(22(26)13-12-21(25)19-8-4-2-5-9-19)16-18-14-15-24(17-18)20-10-6-3-7-11-20/h2-11,18H,12-17H2,1H3/t18-/m1/s1. The zero-order valence-corrected chi connectivity index (χ0v) is 15.3. The van der Waals surface area contributed by atoms with Crippen molar-refractivity contribution in [3.63, 3.8) is 0 Å². The maximum atomic E-state index is 12.4. The van der Waals surface area contributed by atoms with Crippen molar-refractivity contribution in [2.75, 3.05) is 31.6 Å². The highest BCUT2D eigenvalue weighted by Crippen LogP contribution is 2.24. The Morgan fingerprint density at radius 1 is 1.00 bits per heavy atom. The van der Waals surface area contributed by atoms with Crippen LogP contribution in [-0.2, 0) is 4.79 Å². The fourth-order valence-electron chi connectivity index (χ4n) is 3.52. The lowest BCUT2D eigenvalue weighted by Crippen LogP contribution is -2.33. The maximum Gasteiger partial charge on any atom is 0.222 e. The van der Waals surface area contributed by atoms with Crippen LogP contribution in [0.25, 0.3) is 0 Å². The van der Waals surface area contributed by atoms with Gasteiger partial charge in [-0.3, -0.25) is 9.59 Å². The molecule has 0 bridgehead atoms. The van der Waals surface area contributed by atoms with Gasteiger partial charge in [0.1, 0.15) is 0 Å². The minimum Gasteiger partial charge on any atom is -0.371 e. The summed E-state index contributed by atoms with van der Waals surface area (Å²) in [7, 11) is 1.85. The largest absolute Gasteiger partial charge is 0.371 e. The van der Waals surface area contributed by atoms with Gasteiger partial charge < -0.3 is 9.80 Å². The lowest BCUT2D eigenvalue weighted by molar-refractivity contribution is -0.130. The van der Waals surface area contributed by atoms with Crippen molar-refractivity contribution in [3.8, 4) is 0 Å². The van der Waals surface area contributed by atoms with E-state index >= 15 is 0 Å². The van der Waals surface area contributed by atoms with Gasteiger partial charge in [-0.15, -0.1) is 0 Å². The van der Waals surface area contributed by atoms with Gasteiger partial charge in [-0.05, 0) is 24.5 Å². The number of Topliss-reactive ketones (excluding diaryl/α,β-unsaturated/α-hetero) is 1. The summed E-state index contributed by atoms with van der Waals surface area (Å²) in [5.41, 5.74) is 1.93. The van der Waals surface area contributed by atoms with Crippen molar-refractivity contribution >= 4 is 17.4 Å². The number of carbonyl (C=O) groups is 2. The number of amides is 1. The molecule has 1 saturated heterocycles. The molecular formula is C22H26N2O2. The van der Waals surface area contributed by atoms with Crippen molar-refractivity contribution in [1.29, 1.82) is 0 Å². The number of ketones is 1. The molecule has 0 radical (unpaired) electrons. The second-order valence-electron chi connectivity index (χ2n) is 7.00. The molecule has 3 rings (SSSR count). The van der Waals surface area contributed by atoms with E-state index in [0.29, 0.717) is 11.5 Å². The number of rotatable bonds is 7. The average Bonchev–Trinajstić information content (AvgIpc) is 3.15. The molecule has 136 valence electrons. The molecule has 1 heterocycles. The smallest absolute Gasteiger partial charge is 0.222 e. The highest BCUT2D eigenvalue weighted by atomic mass is 16.2. The number of hydrogen-bond acceptors (Lipinski definition) is 3. The highest BCUT2D eigenvalue weighted by molar-refractivity contribution is 5.97. The molecule has 1 atom stereocenters. The Bertz CT molecular complexity index is 730. The van der Waals surface area contributed by atoms with E-state index in [1.807, 2.05) is 31.3 Å². The van der Waals surface area contributed by atoms with Crippen LogP contribution in [0, 0.1) is 5.92 Å². The Kier molecular flexibility index (Phi) is 6.05. The maximum absolute atomic E-state index is 12.4. The highest BCUT2D eigenvalue weighted by Gasteiger charge is 2.25. The number of anilines is 1. The first-order valence-electron chi connectivity index (χ1n) is 9.25. The molecule has 0 N–H and O–H groups in total. The molecule has 0 spiro atoms. The topological polar surface area (TPSA) is 40.6 Å². The molecule has 4 nitrogen and oxygen atoms in total. The number of nitrogens with zero attached hydrogens (tertiary/aromatic N) is 2. The molecule has 0 saturated carbocycles. The van der Waals surface area contributed by atoms with Crippen molar-refractivity contribution in [2.24, 2.45) is 5.92 Å². The second-order valence-corrected chi connectivity index (χ2v) is 7.00. The third-order valence-electron chi connectivity index (χ3n) is 5.03. The van der Waals surface area contributed by atoms with Gasteiger partial charge in [0.25, 0.3) is 0 Å². The summed E-state index contributed by atoms with van der Waals surface area (Å²) < 4.78 is 0. The summed E-state index contributed by atoms with van der Waals surface area (Å²) >= 11 is 0. The van der Waals surface area contributed by atoms with Crippen molar-refractivity contribution in [1.82, 2.24) is 4.90 Å². The van der Waals surface area contributed by atoms with Crippen molar-refractivity contribution < 1.29 is 9.59 Å². The molecule has 1 aliphatic rings. The van der Waals surface area contributed by atoms with Gasteiger partial charge in [-0.1, -0.05) is 48.5 Å². The Morgan fingerprint density at radius 2 is 1.65 bits per heavy atom. The minimum atomic E-state index is 0.0310. The van der Waals surface area contributed by atoms with E-state index in [2.05, 4.69) is 29.2 Å². The van der Waals surface area contributed by atoms with Crippen LogP contribution in [0.3, 0.4) is 0 Å². The fourth-order valence-corrected chi connectivity index (χ4v) is 3.52. The van der Waals surface area contributed by atoms with Gasteiger partial charge in [0.2, 0.25) is 5.91 Å². The van der Waals surface area contributed by atoms with E-state index in [-0.39, 0.29) is 24.5 Å². The van der Waals surface area contributed by atoms with E-state index in [9.17, 15) is 9.59 Å². The van der Waals surface area contributed by atoms with Gasteiger partial charge in [0.05, 0.1) is 0 Å². The Hall–Kier alpha value is -2.62. The quantitative estimate of drug-likeness (QED) is 0.716. The number of benzene rings is 2. The summed E-state index contributed by atoms with van der Waals surface area (Å²) in [5.74, 6) is 0.560. The fraction of sp³-hybridized carbons (Fsp3) is 0.364. The van der Waals surface area contributed by atoms with Crippen LogP contribution < -0.4 is 4.90 Å². The van der Waals surface area contributed by atoms with Gasteiger partial charge >= 0.3 is 0 Å². The monoisotopic (exact) mass is 350 g/mol. The molecule has 1 aliphatic heterocycles. The first-order chi connectivity index (χ1) is 12.6. The molecule has 0 aliphatic carbocycles. The summed E-state index contributed by atoms with van der Waals surface area (Å²) in [6, 6.07) is 19.6. The predicted octanol–water partition coefficient (Wildman–Crippen LogP) is 3.63. The van der Waals surface area contributed by atoms with E-state index < -0.39 is 0 Å². The average molecular weight is 350 g/mol. The van der Waals surface area contributed by atoms with E-state index in [0.717, 1.165) is 26.1 Å². The lowest BCUT2D eigenvalue weighted by Gasteiger charge is -2.22. The van der Waals surface area contributed by atoms with E-state index in [1.165, 1.54) is 5.69 Å². The Labute approximate surface area is 155 Å². The van der Waals surface area contributed by atoms with Crippen LogP contribution in [0.5, 0.6) is 0 Å². The van der Waals surface area contributed by atoms with Gasteiger partial charge in [-0.2, -0.15) is 0 Å². The third-order valence-corrected chi connectivity index (χ3v) is 5.03. The molecule has 1 amide bonds. The van der Waals surface area contributed by atoms with Crippen molar-refractivity contribution in [3.05, 3.63) is 66.2 Å². The van der Waals surface area contributed by atoms with E-state index in [1.54, 1.807) is 17.0 Å². The van der Waals surface area contributed by atoms with Gasteiger partial charge in [-0.25, -0.2) is 0 Å². The summed E-state index contributed by atoms with van der Waals surface area (Å²) in [4.78, 5) is 28.7. The third kappa shape index (κ3) is 4.72. The Balaban J connectivity index is 1.44. The number of hydrogen-bond donors (Lipinski definition) is 0. The van der Waals surface area contributed by atoms with Crippen LogP contribution in [0.4, 0.5) is 5.69 Å². The van der Waals surface area contributed by atoms with Gasteiger partial charge in [0.15, 0.2) is 5.78 Å². The molecule has 0 unspecified atom stereocenters. The number of para-hydroxylation sites is 1. The minimum absolute atomic E-state index is 0.0310. The SMILES string of the molecule is CN(C[C@H]1CCN(c2ccccc2)C1)C(=O)CCC(=O)c1ccccc1. The summed E-state index contributed by atoms with van der Waals surface area (Å²) in [5, 5.41) is 0. The van der Waals surface area contributed by atoms with Crippen LogP contribution in [0.15, 0.2) is 60.7 Å². The van der Waals surface area contributed by atoms with Gasteiger partial charge in [0, 0.05) is 50.8 Å².